The Morgan fingerprint density at radius 1 is 1.12 bits per heavy atom. The average Bonchev–Trinajstić information content (AvgIpc) is 2.29. The number of alkyl halides is 2. The second-order valence-electron chi connectivity index (χ2n) is 3.27. The lowest BCUT2D eigenvalue weighted by molar-refractivity contribution is -0.0500. The Morgan fingerprint density at radius 2 is 1.94 bits per heavy atom. The maximum atomic E-state index is 13.0. The molecule has 0 saturated carbocycles. The van der Waals surface area contributed by atoms with Crippen LogP contribution in [0.3, 0.4) is 0 Å². The van der Waals surface area contributed by atoms with Gasteiger partial charge in [-0.05, 0) is 24.3 Å². The fraction of sp³-hybridized carbons (Fsp3) is 0.0833. The first kappa shape index (κ1) is 11.4. The van der Waals surface area contributed by atoms with E-state index < -0.39 is 6.61 Å². The highest BCUT2D eigenvalue weighted by Gasteiger charge is 2.05. The SMILES string of the molecule is Fc1cccc(-c2ccc(OC(F)F)cn2)c1. The minimum absolute atomic E-state index is 0.0276. The predicted molar refractivity (Wildman–Crippen MR) is 56.3 cm³/mol. The number of nitrogens with zero attached hydrogens (tertiary/aromatic N) is 1. The van der Waals surface area contributed by atoms with Crippen LogP contribution in [0.1, 0.15) is 0 Å². The maximum Gasteiger partial charge on any atom is 0.387 e. The molecule has 2 nitrogen and oxygen atoms in total. The van der Waals surface area contributed by atoms with Crippen LogP contribution < -0.4 is 4.74 Å². The third-order valence-corrected chi connectivity index (χ3v) is 2.08. The Bertz CT molecular complexity index is 499. The molecule has 5 heteroatoms. The van der Waals surface area contributed by atoms with Crippen molar-refractivity contribution in [2.75, 3.05) is 0 Å². The van der Waals surface area contributed by atoms with E-state index in [1.54, 1.807) is 12.1 Å². The molecule has 1 aromatic heterocycles. The lowest BCUT2D eigenvalue weighted by atomic mass is 10.1. The first-order valence-electron chi connectivity index (χ1n) is 4.82. The summed E-state index contributed by atoms with van der Waals surface area (Å²) in [5.41, 5.74) is 1.07. The molecule has 0 aliphatic carbocycles. The van der Waals surface area contributed by atoms with Gasteiger partial charge in [-0.15, -0.1) is 0 Å². The van der Waals surface area contributed by atoms with E-state index in [4.69, 9.17) is 0 Å². The van der Waals surface area contributed by atoms with Gasteiger partial charge in [-0.25, -0.2) is 4.39 Å². The van der Waals surface area contributed by atoms with Crippen molar-refractivity contribution in [1.29, 1.82) is 0 Å². The van der Waals surface area contributed by atoms with E-state index in [-0.39, 0.29) is 11.6 Å². The zero-order valence-corrected chi connectivity index (χ0v) is 8.61. The van der Waals surface area contributed by atoms with Crippen LogP contribution >= 0.6 is 0 Å². The van der Waals surface area contributed by atoms with Crippen LogP contribution in [-0.2, 0) is 0 Å². The zero-order valence-electron chi connectivity index (χ0n) is 8.61. The Hall–Kier alpha value is -2.04. The summed E-state index contributed by atoms with van der Waals surface area (Å²) in [7, 11) is 0. The van der Waals surface area contributed by atoms with Gasteiger partial charge in [0.2, 0.25) is 0 Å². The first-order chi connectivity index (χ1) is 8.15. The van der Waals surface area contributed by atoms with Gasteiger partial charge in [0.25, 0.3) is 0 Å². The number of pyridine rings is 1. The maximum absolute atomic E-state index is 13.0. The monoisotopic (exact) mass is 239 g/mol. The quantitative estimate of drug-likeness (QED) is 0.817. The minimum Gasteiger partial charge on any atom is -0.433 e. The molecule has 0 fully saturated rings. The molecule has 0 radical (unpaired) electrons. The Morgan fingerprint density at radius 3 is 2.53 bits per heavy atom. The standard InChI is InChI=1S/C12H8F3NO/c13-9-3-1-2-8(6-9)11-5-4-10(7-16-11)17-12(14)15/h1-7,12H. The van der Waals surface area contributed by atoms with E-state index in [2.05, 4.69) is 9.72 Å². The highest BCUT2D eigenvalue weighted by Crippen LogP contribution is 2.20. The van der Waals surface area contributed by atoms with Gasteiger partial charge < -0.3 is 4.74 Å². The molecule has 2 rings (SSSR count). The fourth-order valence-electron chi connectivity index (χ4n) is 1.37. The molecule has 0 N–H and O–H groups in total. The zero-order chi connectivity index (χ0) is 12.3. The molecule has 0 amide bonds. The van der Waals surface area contributed by atoms with Crippen molar-refractivity contribution in [2.45, 2.75) is 6.61 Å². The van der Waals surface area contributed by atoms with Crippen LogP contribution in [-0.4, -0.2) is 11.6 Å². The van der Waals surface area contributed by atoms with Crippen LogP contribution in [0.4, 0.5) is 13.2 Å². The molecule has 0 saturated heterocycles. The van der Waals surface area contributed by atoms with E-state index in [9.17, 15) is 13.2 Å². The van der Waals surface area contributed by atoms with Gasteiger partial charge in [0.1, 0.15) is 11.6 Å². The van der Waals surface area contributed by atoms with E-state index in [1.807, 2.05) is 0 Å². The van der Waals surface area contributed by atoms with Gasteiger partial charge in [-0.2, -0.15) is 8.78 Å². The fourth-order valence-corrected chi connectivity index (χ4v) is 1.37. The number of hydrogen-bond acceptors (Lipinski definition) is 2. The Balaban J connectivity index is 2.23. The first-order valence-corrected chi connectivity index (χ1v) is 4.82. The second kappa shape index (κ2) is 4.86. The molecule has 1 heterocycles. The second-order valence-corrected chi connectivity index (χ2v) is 3.27. The molecule has 1 aromatic carbocycles. The van der Waals surface area contributed by atoms with E-state index in [1.165, 1.54) is 30.5 Å². The molecule has 0 unspecified atom stereocenters. The van der Waals surface area contributed by atoms with E-state index in [0.717, 1.165) is 0 Å². The van der Waals surface area contributed by atoms with Crippen molar-refractivity contribution in [3.8, 4) is 17.0 Å². The summed E-state index contributed by atoms with van der Waals surface area (Å²) < 4.78 is 40.9. The average molecular weight is 239 g/mol. The Kier molecular flexibility index (Phi) is 3.27. The van der Waals surface area contributed by atoms with Gasteiger partial charge in [-0.1, -0.05) is 12.1 Å². The summed E-state index contributed by atoms with van der Waals surface area (Å²) in [6.07, 6.45) is 1.17. The van der Waals surface area contributed by atoms with E-state index in [0.29, 0.717) is 11.3 Å². The summed E-state index contributed by atoms with van der Waals surface area (Å²) >= 11 is 0. The lowest BCUT2D eigenvalue weighted by Gasteiger charge is -2.05. The van der Waals surface area contributed by atoms with Crippen LogP contribution in [0.15, 0.2) is 42.6 Å². The highest BCUT2D eigenvalue weighted by atomic mass is 19.3. The van der Waals surface area contributed by atoms with Crippen LogP contribution in [0.2, 0.25) is 0 Å². The van der Waals surface area contributed by atoms with Gasteiger partial charge >= 0.3 is 6.61 Å². The third kappa shape index (κ3) is 2.96. The summed E-state index contributed by atoms with van der Waals surface area (Å²) in [6, 6.07) is 8.72. The van der Waals surface area contributed by atoms with Crippen molar-refractivity contribution in [3.63, 3.8) is 0 Å². The van der Waals surface area contributed by atoms with E-state index >= 15 is 0 Å². The normalized spacial score (nSPS) is 10.6. The van der Waals surface area contributed by atoms with Crippen molar-refractivity contribution in [1.82, 2.24) is 4.98 Å². The summed E-state index contributed by atoms with van der Waals surface area (Å²) in [5.74, 6) is -0.405. The summed E-state index contributed by atoms with van der Waals surface area (Å²) in [6.45, 7) is -2.88. The number of halogens is 3. The minimum atomic E-state index is -2.88. The van der Waals surface area contributed by atoms with Crippen LogP contribution in [0.25, 0.3) is 11.3 Å². The van der Waals surface area contributed by atoms with Crippen molar-refractivity contribution < 1.29 is 17.9 Å². The molecule has 0 aliphatic heterocycles. The molecule has 17 heavy (non-hydrogen) atoms. The molecule has 0 aliphatic rings. The molecule has 0 spiro atoms. The molecule has 0 bridgehead atoms. The Labute approximate surface area is 95.7 Å². The number of benzene rings is 1. The van der Waals surface area contributed by atoms with Crippen molar-refractivity contribution in [3.05, 3.63) is 48.4 Å². The van der Waals surface area contributed by atoms with Gasteiger partial charge in [0.05, 0.1) is 11.9 Å². The number of rotatable bonds is 3. The molecular formula is C12H8F3NO. The van der Waals surface area contributed by atoms with Crippen LogP contribution in [0, 0.1) is 5.82 Å². The van der Waals surface area contributed by atoms with Crippen LogP contribution in [0.5, 0.6) is 5.75 Å². The third-order valence-electron chi connectivity index (χ3n) is 2.08. The molecule has 0 atom stereocenters. The van der Waals surface area contributed by atoms with Gasteiger partial charge in [0.15, 0.2) is 0 Å². The molecule has 2 aromatic rings. The number of aromatic nitrogens is 1. The topological polar surface area (TPSA) is 22.1 Å². The predicted octanol–water partition coefficient (Wildman–Crippen LogP) is 3.49. The smallest absolute Gasteiger partial charge is 0.387 e. The molecule has 88 valence electrons. The number of hydrogen-bond donors (Lipinski definition) is 0. The largest absolute Gasteiger partial charge is 0.433 e. The highest BCUT2D eigenvalue weighted by molar-refractivity contribution is 5.59. The number of ether oxygens (including phenoxy) is 1. The van der Waals surface area contributed by atoms with Crippen molar-refractivity contribution >= 4 is 0 Å². The van der Waals surface area contributed by atoms with Gasteiger partial charge in [-0.3, -0.25) is 4.98 Å². The summed E-state index contributed by atoms with van der Waals surface area (Å²) in [4.78, 5) is 3.92. The van der Waals surface area contributed by atoms with Gasteiger partial charge in [0, 0.05) is 5.56 Å². The van der Waals surface area contributed by atoms with Crippen molar-refractivity contribution in [2.24, 2.45) is 0 Å². The lowest BCUT2D eigenvalue weighted by Crippen LogP contribution is -2.02. The summed E-state index contributed by atoms with van der Waals surface area (Å²) in [5, 5.41) is 0. The molecular weight excluding hydrogens is 231 g/mol.